The smallest absolute Gasteiger partial charge is 0.265 e. The third-order valence-electron chi connectivity index (χ3n) is 2.65. The largest absolute Gasteiger partial charge is 0.309 e. The van der Waals surface area contributed by atoms with Gasteiger partial charge in [0.15, 0.2) is 0 Å². The lowest BCUT2D eigenvalue weighted by molar-refractivity contribution is 0.749. The van der Waals surface area contributed by atoms with Gasteiger partial charge in [-0.3, -0.25) is 4.79 Å². The number of nitrogens with zero attached hydrogens (tertiary/aromatic N) is 1. The van der Waals surface area contributed by atoms with Crippen molar-refractivity contribution in [3.63, 3.8) is 0 Å². The summed E-state index contributed by atoms with van der Waals surface area (Å²) in [6, 6.07) is 9.74. The summed E-state index contributed by atoms with van der Waals surface area (Å²) in [5, 5.41) is 0. The van der Waals surface area contributed by atoms with Gasteiger partial charge in [0.1, 0.15) is 10.3 Å². The highest BCUT2D eigenvalue weighted by Crippen LogP contribution is 2.23. The normalized spacial score (nSPS) is 11.0. The summed E-state index contributed by atoms with van der Waals surface area (Å²) in [7, 11) is 0. The molecule has 5 heteroatoms. The highest BCUT2D eigenvalue weighted by Gasteiger charge is 2.11. The lowest BCUT2D eigenvalue weighted by Gasteiger charge is -2.08. The van der Waals surface area contributed by atoms with E-state index in [4.69, 9.17) is 0 Å². The van der Waals surface area contributed by atoms with Gasteiger partial charge < -0.3 is 4.98 Å². The fourth-order valence-electron chi connectivity index (χ4n) is 1.75. The average Bonchev–Trinajstić information content (AvgIpc) is 2.43. The van der Waals surface area contributed by atoms with Crippen LogP contribution in [0.3, 0.4) is 0 Å². The molecule has 0 aliphatic heterocycles. The van der Waals surface area contributed by atoms with E-state index in [1.54, 1.807) is 11.8 Å². The van der Waals surface area contributed by atoms with E-state index >= 15 is 0 Å². The lowest BCUT2D eigenvalue weighted by Crippen LogP contribution is -2.13. The highest BCUT2D eigenvalue weighted by atomic mass is 79.9. The van der Waals surface area contributed by atoms with Crippen molar-refractivity contribution in [2.75, 3.05) is 5.75 Å². The van der Waals surface area contributed by atoms with E-state index in [1.165, 1.54) is 0 Å². The number of thioether (sulfide) groups is 1. The summed E-state index contributed by atoms with van der Waals surface area (Å²) in [6.07, 6.45) is 0. The van der Waals surface area contributed by atoms with Crippen molar-refractivity contribution in [1.29, 1.82) is 0 Å². The van der Waals surface area contributed by atoms with Gasteiger partial charge in [0, 0.05) is 5.56 Å². The fraction of sp³-hybridized carbons (Fsp3) is 0.333. The van der Waals surface area contributed by atoms with Gasteiger partial charge in [0.05, 0.1) is 11.4 Å². The first-order valence-electron chi connectivity index (χ1n) is 6.49. The minimum absolute atomic E-state index is 0.126. The maximum Gasteiger partial charge on any atom is 0.265 e. The second-order valence-electron chi connectivity index (χ2n) is 4.95. The molecule has 0 unspecified atom stereocenters. The monoisotopic (exact) mass is 352 g/mol. The van der Waals surface area contributed by atoms with Crippen molar-refractivity contribution >= 4 is 27.7 Å². The first kappa shape index (κ1) is 15.3. The summed E-state index contributed by atoms with van der Waals surface area (Å²) in [5.74, 6) is 3.14. The molecule has 1 aromatic heterocycles. The molecule has 2 rings (SSSR count). The molecule has 0 radical (unpaired) electrons. The molecule has 2 aromatic rings. The van der Waals surface area contributed by atoms with E-state index in [2.05, 4.69) is 39.7 Å². The van der Waals surface area contributed by atoms with Crippen LogP contribution in [-0.2, 0) is 5.75 Å². The Kier molecular flexibility index (Phi) is 5.43. The molecule has 0 aliphatic rings. The number of H-pyrrole nitrogens is 1. The van der Waals surface area contributed by atoms with Gasteiger partial charge in [-0.05, 0) is 27.6 Å². The Morgan fingerprint density at radius 1 is 1.30 bits per heavy atom. The number of nitrogens with one attached hydrogen (secondary N) is 1. The molecule has 1 N–H and O–H groups in total. The number of aromatic amines is 1. The van der Waals surface area contributed by atoms with Crippen LogP contribution in [0.25, 0.3) is 11.3 Å². The van der Waals surface area contributed by atoms with Crippen LogP contribution >= 0.6 is 27.7 Å². The van der Waals surface area contributed by atoms with Crippen LogP contribution in [0.15, 0.2) is 39.6 Å². The molecule has 1 heterocycles. The molecular formula is C15H17BrN2OS. The van der Waals surface area contributed by atoms with Crippen molar-refractivity contribution in [2.45, 2.75) is 19.6 Å². The predicted octanol–water partition coefficient (Wildman–Crippen LogP) is 4.09. The van der Waals surface area contributed by atoms with Gasteiger partial charge >= 0.3 is 0 Å². The number of hydrogen-bond donors (Lipinski definition) is 1. The average molecular weight is 353 g/mol. The number of rotatable bonds is 5. The molecule has 3 nitrogen and oxygen atoms in total. The van der Waals surface area contributed by atoms with Crippen LogP contribution in [0.4, 0.5) is 0 Å². The van der Waals surface area contributed by atoms with Gasteiger partial charge in [0.2, 0.25) is 0 Å². The zero-order valence-electron chi connectivity index (χ0n) is 11.5. The second-order valence-corrected chi connectivity index (χ2v) is 6.77. The molecule has 0 bridgehead atoms. The number of benzene rings is 1. The molecule has 0 saturated heterocycles. The molecule has 0 spiro atoms. The van der Waals surface area contributed by atoms with Gasteiger partial charge in [0.25, 0.3) is 5.56 Å². The zero-order valence-corrected chi connectivity index (χ0v) is 13.9. The van der Waals surface area contributed by atoms with E-state index in [1.807, 2.05) is 30.3 Å². The molecule has 0 saturated carbocycles. The van der Waals surface area contributed by atoms with Gasteiger partial charge in [-0.25, -0.2) is 4.98 Å². The Morgan fingerprint density at radius 2 is 2.00 bits per heavy atom. The van der Waals surface area contributed by atoms with Gasteiger partial charge in [-0.2, -0.15) is 11.8 Å². The summed E-state index contributed by atoms with van der Waals surface area (Å²) in [4.78, 5) is 19.4. The highest BCUT2D eigenvalue weighted by molar-refractivity contribution is 9.10. The van der Waals surface area contributed by atoms with E-state index in [0.29, 0.717) is 16.1 Å². The molecule has 106 valence electrons. The summed E-state index contributed by atoms with van der Waals surface area (Å²) in [6.45, 7) is 4.36. The molecule has 20 heavy (non-hydrogen) atoms. The first-order chi connectivity index (χ1) is 9.58. The Labute approximate surface area is 131 Å². The van der Waals surface area contributed by atoms with Crippen LogP contribution in [0.1, 0.15) is 19.7 Å². The number of hydrogen-bond acceptors (Lipinski definition) is 3. The van der Waals surface area contributed by atoms with Crippen LogP contribution in [-0.4, -0.2) is 15.7 Å². The standard InChI is InChI=1S/C15H17BrN2OS/c1-10(2)8-20-9-12-17-14(13(16)15(19)18-12)11-6-4-3-5-7-11/h3-7,10H,8-9H2,1-2H3,(H,17,18,19). The van der Waals surface area contributed by atoms with Crippen LogP contribution in [0.5, 0.6) is 0 Å². The maximum absolute atomic E-state index is 12.0. The van der Waals surface area contributed by atoms with E-state index in [0.717, 1.165) is 22.9 Å². The van der Waals surface area contributed by atoms with Gasteiger partial charge in [-0.1, -0.05) is 44.2 Å². The maximum atomic E-state index is 12.0. The summed E-state index contributed by atoms with van der Waals surface area (Å²) in [5.41, 5.74) is 1.52. The molecule has 0 amide bonds. The molecule has 0 fully saturated rings. The third kappa shape index (κ3) is 3.96. The van der Waals surface area contributed by atoms with E-state index < -0.39 is 0 Å². The number of aromatic nitrogens is 2. The third-order valence-corrected chi connectivity index (χ3v) is 4.76. The number of halogens is 1. The Hall–Kier alpha value is -1.07. The Balaban J connectivity index is 2.29. The molecule has 0 aliphatic carbocycles. The van der Waals surface area contributed by atoms with Crippen LogP contribution in [0.2, 0.25) is 0 Å². The minimum atomic E-state index is -0.126. The molecule has 0 atom stereocenters. The van der Waals surface area contributed by atoms with Crippen molar-refractivity contribution in [2.24, 2.45) is 5.92 Å². The second kappa shape index (κ2) is 7.09. The lowest BCUT2D eigenvalue weighted by atomic mass is 10.1. The van der Waals surface area contributed by atoms with Crippen molar-refractivity contribution in [1.82, 2.24) is 9.97 Å². The fourth-order valence-corrected chi connectivity index (χ4v) is 3.09. The van der Waals surface area contributed by atoms with Crippen LogP contribution < -0.4 is 5.56 Å². The summed E-state index contributed by atoms with van der Waals surface area (Å²) < 4.78 is 0.487. The zero-order chi connectivity index (χ0) is 14.5. The van der Waals surface area contributed by atoms with E-state index in [-0.39, 0.29) is 5.56 Å². The summed E-state index contributed by atoms with van der Waals surface area (Å²) >= 11 is 5.11. The van der Waals surface area contributed by atoms with Crippen molar-refractivity contribution in [3.05, 3.63) is 51.0 Å². The molecule has 1 aromatic carbocycles. The first-order valence-corrected chi connectivity index (χ1v) is 8.44. The van der Waals surface area contributed by atoms with Crippen molar-refractivity contribution < 1.29 is 0 Å². The van der Waals surface area contributed by atoms with E-state index in [9.17, 15) is 4.79 Å². The van der Waals surface area contributed by atoms with Gasteiger partial charge in [-0.15, -0.1) is 0 Å². The Morgan fingerprint density at radius 3 is 2.65 bits per heavy atom. The van der Waals surface area contributed by atoms with Crippen molar-refractivity contribution in [3.8, 4) is 11.3 Å². The quantitative estimate of drug-likeness (QED) is 0.881. The SMILES string of the molecule is CC(C)CSCc1nc(-c2ccccc2)c(Br)c(=O)[nH]1. The minimum Gasteiger partial charge on any atom is -0.309 e. The topological polar surface area (TPSA) is 45.8 Å². The van der Waals surface area contributed by atoms with Crippen LogP contribution in [0, 0.1) is 5.92 Å². The Bertz CT molecular complexity index is 626. The predicted molar refractivity (Wildman–Crippen MR) is 89.0 cm³/mol. The molecular weight excluding hydrogens is 336 g/mol.